The number of fused-ring (bicyclic) bond motifs is 1. The number of nitrogens with one attached hydrogen (secondary N) is 2. The van der Waals surface area contributed by atoms with Crippen LogP contribution in [0.1, 0.15) is 48.4 Å². The van der Waals surface area contributed by atoms with Crippen LogP contribution in [0, 0.1) is 5.92 Å². The van der Waals surface area contributed by atoms with Crippen molar-refractivity contribution >= 4 is 11.4 Å². The number of aliphatic imine (C=N–C) groups is 1. The van der Waals surface area contributed by atoms with Gasteiger partial charge in [-0.1, -0.05) is 5.16 Å². The molecule has 4 heterocycles. The maximum Gasteiger partial charge on any atom is 0.149 e. The minimum Gasteiger partial charge on any atom is -0.317 e. The monoisotopic (exact) mass is 338 g/mol. The highest BCUT2D eigenvalue weighted by atomic mass is 16.6. The summed E-state index contributed by atoms with van der Waals surface area (Å²) in [5, 5.41) is 14.9. The van der Waals surface area contributed by atoms with Crippen molar-refractivity contribution in [2.24, 2.45) is 10.9 Å². The number of hydrogen-bond acceptors (Lipinski definition) is 7. The third kappa shape index (κ3) is 2.87. The molecule has 5 rings (SSSR count). The molecular weight excluding hydrogens is 316 g/mol. The molecule has 0 aromatic carbocycles. The first-order chi connectivity index (χ1) is 12.4. The first-order valence-electron chi connectivity index (χ1n) is 9.17. The van der Waals surface area contributed by atoms with Crippen LogP contribution in [-0.2, 0) is 6.54 Å². The Morgan fingerprint density at radius 2 is 2.00 bits per heavy atom. The number of hydrogen-bond donors (Lipinski definition) is 2. The molecule has 0 radical (unpaired) electrons. The van der Waals surface area contributed by atoms with Gasteiger partial charge in [0, 0.05) is 24.7 Å². The zero-order valence-electron chi connectivity index (χ0n) is 14.1. The van der Waals surface area contributed by atoms with E-state index in [0.717, 1.165) is 36.7 Å². The smallest absolute Gasteiger partial charge is 0.149 e. The molecule has 1 saturated carbocycles. The maximum absolute atomic E-state index is 4.85. The molecular formula is C18H22N6O. The second kappa shape index (κ2) is 6.31. The molecule has 2 fully saturated rings. The fourth-order valence-corrected chi connectivity index (χ4v) is 4.09. The third-order valence-electron chi connectivity index (χ3n) is 5.53. The Hall–Kier alpha value is -2.12. The van der Waals surface area contributed by atoms with Crippen LogP contribution in [0.5, 0.6) is 0 Å². The zero-order chi connectivity index (χ0) is 16.6. The second-order valence-corrected chi connectivity index (χ2v) is 7.24. The quantitative estimate of drug-likeness (QED) is 0.866. The Morgan fingerprint density at radius 3 is 2.76 bits per heavy atom. The van der Waals surface area contributed by atoms with E-state index in [2.05, 4.69) is 25.9 Å². The van der Waals surface area contributed by atoms with E-state index in [1.54, 1.807) is 6.20 Å². The summed E-state index contributed by atoms with van der Waals surface area (Å²) in [6.07, 6.45) is 10.4. The molecule has 25 heavy (non-hydrogen) atoms. The predicted molar refractivity (Wildman–Crippen MR) is 92.9 cm³/mol. The van der Waals surface area contributed by atoms with Crippen molar-refractivity contribution in [1.82, 2.24) is 25.9 Å². The van der Waals surface area contributed by atoms with Gasteiger partial charge >= 0.3 is 0 Å². The summed E-state index contributed by atoms with van der Waals surface area (Å²) < 4.78 is 4.82. The van der Waals surface area contributed by atoms with Gasteiger partial charge in [-0.05, 0) is 61.0 Å². The van der Waals surface area contributed by atoms with Crippen LogP contribution in [0.25, 0.3) is 0 Å². The Balaban J connectivity index is 1.43. The van der Waals surface area contributed by atoms with Crippen molar-refractivity contribution < 1.29 is 4.63 Å². The summed E-state index contributed by atoms with van der Waals surface area (Å²) in [5.74, 6) is 0.950. The van der Waals surface area contributed by atoms with Crippen LogP contribution in [0.3, 0.4) is 0 Å². The van der Waals surface area contributed by atoms with E-state index in [0.29, 0.717) is 17.9 Å². The van der Waals surface area contributed by atoms with Crippen LogP contribution >= 0.6 is 0 Å². The van der Waals surface area contributed by atoms with E-state index < -0.39 is 0 Å². The van der Waals surface area contributed by atoms with Gasteiger partial charge in [0.1, 0.15) is 11.9 Å². The molecule has 130 valence electrons. The largest absolute Gasteiger partial charge is 0.317 e. The standard InChI is InChI=1S/C18H22N6O/c1-2-11(1)17-16-12(8-21-13-3-5-19-6-4-13)7-20-9-14(16)23-18(17)15-10-22-25-24-15/h7,9-11,13,17,19,21H,1-6,8H2. The van der Waals surface area contributed by atoms with Gasteiger partial charge in [-0.3, -0.25) is 4.98 Å². The number of piperidine rings is 1. The first kappa shape index (κ1) is 15.2. The van der Waals surface area contributed by atoms with Gasteiger partial charge in [-0.15, -0.1) is 0 Å². The molecule has 7 nitrogen and oxygen atoms in total. The molecule has 0 bridgehead atoms. The van der Waals surface area contributed by atoms with E-state index in [4.69, 9.17) is 9.62 Å². The van der Waals surface area contributed by atoms with Crippen LogP contribution in [0.4, 0.5) is 5.69 Å². The zero-order valence-corrected chi connectivity index (χ0v) is 14.1. The van der Waals surface area contributed by atoms with Crippen LogP contribution < -0.4 is 10.6 Å². The normalized spacial score (nSPS) is 23.5. The Bertz CT molecular complexity index is 777. The summed E-state index contributed by atoms with van der Waals surface area (Å²) >= 11 is 0. The van der Waals surface area contributed by atoms with Crippen molar-refractivity contribution in [3.05, 3.63) is 35.4 Å². The number of nitrogens with zero attached hydrogens (tertiary/aromatic N) is 4. The lowest BCUT2D eigenvalue weighted by Gasteiger charge is -2.24. The van der Waals surface area contributed by atoms with Crippen molar-refractivity contribution in [3.63, 3.8) is 0 Å². The van der Waals surface area contributed by atoms with Gasteiger partial charge in [0.05, 0.1) is 17.6 Å². The van der Waals surface area contributed by atoms with Crippen molar-refractivity contribution in [1.29, 1.82) is 0 Å². The Labute approximate surface area is 146 Å². The molecule has 7 heteroatoms. The fourth-order valence-electron chi connectivity index (χ4n) is 4.09. The molecule has 3 aliphatic rings. The summed E-state index contributed by atoms with van der Waals surface area (Å²) in [4.78, 5) is 9.28. The molecule has 1 unspecified atom stereocenters. The average Bonchev–Trinajstić information content (AvgIpc) is 3.20. The number of pyridine rings is 1. The SMILES string of the molecule is c1nonc1C1=Nc2cncc(CNC3CCNCC3)c2C1C1CC1. The van der Waals surface area contributed by atoms with Crippen LogP contribution in [-0.4, -0.2) is 40.1 Å². The van der Waals surface area contributed by atoms with Gasteiger partial charge in [0.25, 0.3) is 0 Å². The van der Waals surface area contributed by atoms with Crippen LogP contribution in [0.15, 0.2) is 28.2 Å². The molecule has 1 saturated heterocycles. The van der Waals surface area contributed by atoms with E-state index in [-0.39, 0.29) is 0 Å². The molecule has 1 atom stereocenters. The Morgan fingerprint density at radius 1 is 1.12 bits per heavy atom. The lowest BCUT2D eigenvalue weighted by atomic mass is 9.87. The summed E-state index contributed by atoms with van der Waals surface area (Å²) in [7, 11) is 0. The molecule has 2 aliphatic heterocycles. The minimum atomic E-state index is 0.301. The summed E-state index contributed by atoms with van der Waals surface area (Å²) in [5.41, 5.74) is 5.33. The van der Waals surface area contributed by atoms with Crippen molar-refractivity contribution in [3.8, 4) is 0 Å². The van der Waals surface area contributed by atoms with E-state index in [1.807, 2.05) is 12.4 Å². The predicted octanol–water partition coefficient (Wildman–Crippen LogP) is 1.93. The highest BCUT2D eigenvalue weighted by Gasteiger charge is 2.42. The molecule has 1 aliphatic carbocycles. The van der Waals surface area contributed by atoms with Crippen molar-refractivity contribution in [2.45, 2.75) is 44.2 Å². The second-order valence-electron chi connectivity index (χ2n) is 7.24. The van der Waals surface area contributed by atoms with Gasteiger partial charge in [0.2, 0.25) is 0 Å². The number of aromatic nitrogens is 3. The van der Waals surface area contributed by atoms with E-state index in [1.165, 1.54) is 36.8 Å². The van der Waals surface area contributed by atoms with Gasteiger partial charge < -0.3 is 10.6 Å². The van der Waals surface area contributed by atoms with E-state index in [9.17, 15) is 0 Å². The topological polar surface area (TPSA) is 88.2 Å². The van der Waals surface area contributed by atoms with Crippen molar-refractivity contribution in [2.75, 3.05) is 13.1 Å². The first-order valence-corrected chi connectivity index (χ1v) is 9.17. The van der Waals surface area contributed by atoms with Gasteiger partial charge in [-0.25, -0.2) is 9.62 Å². The lowest BCUT2D eigenvalue weighted by molar-refractivity contribution is 0.306. The van der Waals surface area contributed by atoms with Gasteiger partial charge in [-0.2, -0.15) is 0 Å². The van der Waals surface area contributed by atoms with E-state index >= 15 is 0 Å². The van der Waals surface area contributed by atoms with Crippen LogP contribution in [0.2, 0.25) is 0 Å². The highest BCUT2D eigenvalue weighted by Crippen LogP contribution is 2.51. The fraction of sp³-hybridized carbons (Fsp3) is 0.556. The highest BCUT2D eigenvalue weighted by molar-refractivity contribution is 6.09. The molecule has 2 aromatic rings. The third-order valence-corrected chi connectivity index (χ3v) is 5.53. The molecule has 2 N–H and O–H groups in total. The molecule has 2 aromatic heterocycles. The Kier molecular flexibility index (Phi) is 3.83. The maximum atomic E-state index is 4.85. The van der Waals surface area contributed by atoms with Gasteiger partial charge in [0.15, 0.2) is 0 Å². The minimum absolute atomic E-state index is 0.301. The lowest BCUT2D eigenvalue weighted by Crippen LogP contribution is -2.39. The molecule has 0 amide bonds. The summed E-state index contributed by atoms with van der Waals surface area (Å²) in [6.45, 7) is 3.05. The molecule has 0 spiro atoms. The average molecular weight is 338 g/mol. The summed E-state index contributed by atoms with van der Waals surface area (Å²) in [6, 6.07) is 0.581. The number of rotatable bonds is 5.